The van der Waals surface area contributed by atoms with E-state index in [1.54, 1.807) is 13.0 Å². The van der Waals surface area contributed by atoms with E-state index < -0.39 is 94.3 Å². The van der Waals surface area contributed by atoms with E-state index in [1.807, 2.05) is 0 Å². The maximum atomic E-state index is 13.5. The first-order chi connectivity index (χ1) is 28.3. The molecule has 7 rings (SSSR count). The van der Waals surface area contributed by atoms with Crippen molar-refractivity contribution >= 4 is 118 Å². The van der Waals surface area contributed by atoms with E-state index >= 15 is 0 Å². The zero-order valence-corrected chi connectivity index (χ0v) is 34.6. The summed E-state index contributed by atoms with van der Waals surface area (Å²) < 4.78 is 51.7. The van der Waals surface area contributed by atoms with E-state index in [0.29, 0.717) is 22.1 Å². The second-order valence-electron chi connectivity index (χ2n) is 13.0. The first-order valence-corrected chi connectivity index (χ1v) is 23.1. The van der Waals surface area contributed by atoms with E-state index in [1.165, 1.54) is 45.1 Å². The van der Waals surface area contributed by atoms with E-state index in [-0.39, 0.29) is 62.5 Å². The molecule has 61 heavy (non-hydrogen) atoms. The van der Waals surface area contributed by atoms with Crippen LogP contribution in [0.3, 0.4) is 0 Å². The number of nitrogens with two attached hydrogens (primary N) is 1. The molecule has 22 nitrogen and oxygen atoms in total. The molecule has 0 aliphatic carbocycles. The fourth-order valence-electron chi connectivity index (χ4n) is 5.92. The normalized spacial score (nSPS) is 18.9. The molecule has 0 saturated carbocycles. The monoisotopic (exact) mass is 945 g/mol. The summed E-state index contributed by atoms with van der Waals surface area (Å²) in [6.07, 6.45) is 3.14. The van der Waals surface area contributed by atoms with Crippen LogP contribution in [0.15, 0.2) is 96.1 Å². The summed E-state index contributed by atoms with van der Waals surface area (Å²) in [5, 5.41) is 58.9. The number of anilines is 1. The van der Waals surface area contributed by atoms with Crippen molar-refractivity contribution in [1.29, 1.82) is 0 Å². The van der Waals surface area contributed by atoms with Gasteiger partial charge in [-0.1, -0.05) is 5.16 Å². The van der Waals surface area contributed by atoms with E-state index in [9.17, 15) is 56.8 Å². The second kappa shape index (κ2) is 17.8. The number of carbonyl (C=O) groups excluding carboxylic acids is 2. The van der Waals surface area contributed by atoms with Crippen LogP contribution in [0.25, 0.3) is 0 Å². The molecule has 28 heteroatoms. The van der Waals surface area contributed by atoms with Crippen LogP contribution in [0.1, 0.15) is 12.6 Å². The van der Waals surface area contributed by atoms with Crippen molar-refractivity contribution in [2.45, 2.75) is 28.1 Å². The standard InChI is InChI=1S/C33H31N9O13S5.Na.H/c1-15-6-25(42-24(35-15)9-40(39-42)13-59(51,52)17-2-4-20(43)22(45)7-17)56-10-16-11-57-31-27(30(48)41(31)28(16)32(49)50)37-29(47)26(19-12-58-33(34)36-19)38-55-14-60(53,54)18-3-5-21(44)23(46)8-18;;/h2-9,12,27,31,39,43-46H,10-11,13-14H2,1H3,(H2,34,36)(H,37,47)(H,49,50);;/t27-,31-;;/m1../s1. The van der Waals surface area contributed by atoms with Crippen molar-refractivity contribution < 1.29 is 61.6 Å². The molecule has 0 bridgehead atoms. The number of oxime groups is 1. The molecule has 318 valence electrons. The van der Waals surface area contributed by atoms with Crippen LogP contribution in [0.2, 0.25) is 0 Å². The third kappa shape index (κ3) is 9.43. The number of thiazole rings is 1. The van der Waals surface area contributed by atoms with E-state index in [0.717, 1.165) is 52.6 Å². The molecule has 0 spiro atoms. The number of aliphatic carboxylic acids is 1. The Balaban J connectivity index is 0.00000622. The number of aromatic hydroxyl groups is 4. The number of hydrazine groups is 2. The number of nitrogens with one attached hydrogen (secondary N) is 2. The van der Waals surface area contributed by atoms with Crippen molar-refractivity contribution in [1.82, 2.24) is 30.8 Å². The summed E-state index contributed by atoms with van der Waals surface area (Å²) in [5.74, 6) is -6.62. The predicted octanol–water partition coefficient (Wildman–Crippen LogP) is 0.107. The molecule has 0 unspecified atom stereocenters. The van der Waals surface area contributed by atoms with Crippen molar-refractivity contribution in [2.24, 2.45) is 10.1 Å². The number of fused-ring (bicyclic) bond motifs is 2. The number of phenolic OH excluding ortho intramolecular Hbond substituents is 4. The summed E-state index contributed by atoms with van der Waals surface area (Å²) in [7, 11) is -8.27. The SMILES string of the molecule is CC1=NC2=CN(CS(=O)(=O)c3ccc(O)c(O)c3)NN2C(SCC2=C(C(=O)O)N3C(=O)[C@@H](NC(=O)C(=NOCS(=O)(=O)c4ccc(O)c(O)c4)c4csc(N)n4)[C@H]3SC2)=C1.[NaH]. The van der Waals surface area contributed by atoms with Gasteiger partial charge in [0.15, 0.2) is 49.5 Å². The number of thioether (sulfide) groups is 2. The Bertz CT molecular complexity index is 2720. The van der Waals surface area contributed by atoms with Gasteiger partial charge in [-0.15, -0.1) is 40.4 Å². The average molecular weight is 946 g/mol. The van der Waals surface area contributed by atoms with Crippen LogP contribution in [0, 0.1) is 0 Å². The molecule has 4 aliphatic heterocycles. The number of aromatic nitrogens is 1. The molecule has 2 atom stereocenters. The minimum atomic E-state index is -4.26. The van der Waals surface area contributed by atoms with Gasteiger partial charge in [0.05, 0.1) is 21.0 Å². The number of carbonyl (C=O) groups is 3. The fraction of sp³-hybridized carbons (Fsp3) is 0.212. The number of allylic oxidation sites excluding steroid dienone is 1. The first-order valence-electron chi connectivity index (χ1n) is 16.9. The summed E-state index contributed by atoms with van der Waals surface area (Å²) in [6.45, 7) is 1.71. The third-order valence-electron chi connectivity index (χ3n) is 8.77. The Labute approximate surface area is 380 Å². The number of aliphatic imine (C=N–C) groups is 1. The Morgan fingerprint density at radius 2 is 1.70 bits per heavy atom. The number of β-lactam (4-membered cyclic amide) rings is 1. The first kappa shape index (κ1) is 45.5. The van der Waals surface area contributed by atoms with Crippen LogP contribution >= 0.6 is 34.9 Å². The fourth-order valence-corrected chi connectivity index (χ4v) is 11.1. The number of nitrogens with zero attached hydrogens (tertiary/aromatic N) is 6. The molecule has 2 amide bonds. The molecule has 9 N–H and O–H groups in total. The minimum absolute atomic E-state index is 0. The van der Waals surface area contributed by atoms with Crippen LogP contribution in [0.4, 0.5) is 5.13 Å². The number of rotatable bonds is 14. The van der Waals surface area contributed by atoms with Gasteiger partial charge < -0.3 is 41.4 Å². The van der Waals surface area contributed by atoms with Crippen molar-refractivity contribution in [3.8, 4) is 23.0 Å². The molecule has 1 fully saturated rings. The van der Waals surface area contributed by atoms with E-state index in [2.05, 4.69) is 26.0 Å². The zero-order chi connectivity index (χ0) is 43.3. The zero-order valence-electron chi connectivity index (χ0n) is 30.5. The Kier molecular flexibility index (Phi) is 13.3. The predicted molar refractivity (Wildman–Crippen MR) is 223 cm³/mol. The molecule has 0 radical (unpaired) electrons. The van der Waals surface area contributed by atoms with Crippen molar-refractivity contribution in [3.05, 3.63) is 81.9 Å². The molecular weight excluding hydrogens is 914 g/mol. The van der Waals surface area contributed by atoms with Crippen LogP contribution < -0.4 is 16.6 Å². The van der Waals surface area contributed by atoms with Gasteiger partial charge in [0, 0.05) is 34.7 Å². The van der Waals surface area contributed by atoms with Gasteiger partial charge >= 0.3 is 35.5 Å². The Hall–Kier alpha value is -5.00. The van der Waals surface area contributed by atoms with Gasteiger partial charge in [-0.3, -0.25) is 19.5 Å². The summed E-state index contributed by atoms with van der Waals surface area (Å²) in [5.41, 5.74) is 8.66. The van der Waals surface area contributed by atoms with Gasteiger partial charge in [-0.2, -0.15) is 0 Å². The third-order valence-corrected chi connectivity index (χ3v) is 14.8. The van der Waals surface area contributed by atoms with E-state index in [4.69, 9.17) is 10.6 Å². The van der Waals surface area contributed by atoms with Crippen molar-refractivity contribution in [3.63, 3.8) is 0 Å². The molecule has 1 aromatic heterocycles. The number of nitrogen functional groups attached to an aromatic ring is 1. The number of carboxylic acid groups (broad SMARTS) is 1. The molecule has 2 aromatic carbocycles. The quantitative estimate of drug-likeness (QED) is 0.0349. The molecule has 3 aromatic rings. The van der Waals surface area contributed by atoms with Crippen LogP contribution in [-0.4, -0.2) is 156 Å². The van der Waals surface area contributed by atoms with Gasteiger partial charge in [0.1, 0.15) is 28.7 Å². The topological polar surface area (TPSA) is 327 Å². The molecular formula is C33H32N9NaO13S5. The van der Waals surface area contributed by atoms with Crippen molar-refractivity contribution in [2.75, 3.05) is 29.1 Å². The molecule has 1 saturated heterocycles. The number of sulfone groups is 2. The number of amides is 2. The molecule has 4 aliphatic rings. The molecule has 5 heterocycles. The number of hydrogen-bond acceptors (Lipinski definition) is 22. The Morgan fingerprint density at radius 1 is 1.05 bits per heavy atom. The summed E-state index contributed by atoms with van der Waals surface area (Å²) in [4.78, 5) is 53.6. The van der Waals surface area contributed by atoms with Gasteiger partial charge in [0.2, 0.25) is 15.8 Å². The average Bonchev–Trinajstić information content (AvgIpc) is 3.80. The van der Waals surface area contributed by atoms with Crippen LogP contribution in [0.5, 0.6) is 23.0 Å². The Morgan fingerprint density at radius 3 is 2.31 bits per heavy atom. The number of phenols is 4. The second-order valence-corrected chi connectivity index (χ2v) is 19.8. The number of carboxylic acids is 1. The summed E-state index contributed by atoms with van der Waals surface area (Å²) in [6, 6.07) is 4.69. The van der Waals surface area contributed by atoms with Gasteiger partial charge in [0.25, 0.3) is 11.8 Å². The number of hydrogen-bond donors (Lipinski definition) is 8. The van der Waals surface area contributed by atoms with Gasteiger partial charge in [-0.05, 0) is 42.8 Å². The van der Waals surface area contributed by atoms with Crippen LogP contribution in [-0.2, 0) is 38.9 Å². The number of benzene rings is 2. The summed E-state index contributed by atoms with van der Waals surface area (Å²) >= 11 is 3.31. The van der Waals surface area contributed by atoms with Gasteiger partial charge in [-0.25, -0.2) is 36.6 Å². The maximum absolute atomic E-state index is 13.5.